The van der Waals surface area contributed by atoms with Crippen LogP contribution in [0.3, 0.4) is 0 Å². The van der Waals surface area contributed by atoms with Crippen LogP contribution in [0.2, 0.25) is 0 Å². The summed E-state index contributed by atoms with van der Waals surface area (Å²) in [6.07, 6.45) is 2.43. The van der Waals surface area contributed by atoms with Crippen LogP contribution in [0.5, 0.6) is 0 Å². The lowest BCUT2D eigenvalue weighted by Crippen LogP contribution is -2.06. The molecule has 0 fully saturated rings. The van der Waals surface area contributed by atoms with Gasteiger partial charge in [0.15, 0.2) is 0 Å². The molecule has 1 unspecified atom stereocenters. The van der Waals surface area contributed by atoms with Gasteiger partial charge in [0.2, 0.25) is 0 Å². The Balaban J connectivity index is 2.39. The van der Waals surface area contributed by atoms with Crippen molar-refractivity contribution in [1.29, 1.82) is 0 Å². The van der Waals surface area contributed by atoms with Crippen LogP contribution >= 0.6 is 34.2 Å². The predicted molar refractivity (Wildman–Crippen MR) is 85.5 cm³/mol. The van der Waals surface area contributed by atoms with Gasteiger partial charge in [-0.2, -0.15) is 0 Å². The van der Waals surface area contributed by atoms with E-state index in [-0.39, 0.29) is 11.7 Å². The average Bonchev–Trinajstić information content (AvgIpc) is 2.67. The summed E-state index contributed by atoms with van der Waals surface area (Å²) in [5.74, 6) is 1.37. The molecule has 7 heteroatoms. The largest absolute Gasteiger partial charge is 0.327 e. The van der Waals surface area contributed by atoms with E-state index in [2.05, 4.69) is 4.98 Å². The molecular weight excluding hydrogens is 402 g/mol. The second-order valence-corrected chi connectivity index (χ2v) is 7.18. The predicted octanol–water partition coefficient (Wildman–Crippen LogP) is 3.29. The molecule has 0 aliphatic rings. The van der Waals surface area contributed by atoms with Gasteiger partial charge in [-0.25, -0.2) is 9.37 Å². The van der Waals surface area contributed by atoms with Gasteiger partial charge in [0.1, 0.15) is 11.6 Å². The number of aromatic nitrogens is 2. The standard InChI is InChI=1S/C12H13ClFIN2OS/c1-19(18)4-2-3-17-11-5-8(14)9(15)6-10(11)16-12(17)7-13/h5-6H,2-4,7H2,1H3. The normalized spacial score (nSPS) is 13.1. The van der Waals surface area contributed by atoms with E-state index < -0.39 is 10.8 Å². The number of nitrogens with zero attached hydrogens (tertiary/aromatic N) is 2. The van der Waals surface area contributed by atoms with Crippen LogP contribution in [0.25, 0.3) is 11.0 Å². The van der Waals surface area contributed by atoms with Crippen LogP contribution in [-0.2, 0) is 23.2 Å². The Morgan fingerprint density at radius 1 is 1.53 bits per heavy atom. The van der Waals surface area contributed by atoms with Crippen molar-refractivity contribution in [3.8, 4) is 0 Å². The smallest absolute Gasteiger partial charge is 0.138 e. The summed E-state index contributed by atoms with van der Waals surface area (Å²) in [6, 6.07) is 3.21. The maximum absolute atomic E-state index is 13.7. The van der Waals surface area contributed by atoms with E-state index in [1.165, 1.54) is 6.07 Å². The molecule has 0 aliphatic carbocycles. The number of alkyl halides is 1. The number of imidazole rings is 1. The Morgan fingerprint density at radius 2 is 2.26 bits per heavy atom. The summed E-state index contributed by atoms with van der Waals surface area (Å²) in [5.41, 5.74) is 1.49. The molecule has 19 heavy (non-hydrogen) atoms. The quantitative estimate of drug-likeness (QED) is 0.556. The average molecular weight is 415 g/mol. The fourth-order valence-electron chi connectivity index (χ4n) is 1.95. The van der Waals surface area contributed by atoms with E-state index in [0.717, 1.165) is 23.3 Å². The topological polar surface area (TPSA) is 34.9 Å². The number of benzene rings is 1. The van der Waals surface area contributed by atoms with E-state index in [1.807, 2.05) is 27.2 Å². The van der Waals surface area contributed by atoms with Crippen LogP contribution in [0.15, 0.2) is 12.1 Å². The summed E-state index contributed by atoms with van der Waals surface area (Å²) in [7, 11) is -0.819. The first kappa shape index (κ1) is 15.2. The summed E-state index contributed by atoms with van der Waals surface area (Å²) in [4.78, 5) is 4.41. The van der Waals surface area contributed by atoms with Crippen molar-refractivity contribution in [2.45, 2.75) is 18.8 Å². The highest BCUT2D eigenvalue weighted by Gasteiger charge is 2.12. The third-order valence-electron chi connectivity index (χ3n) is 2.80. The molecular formula is C12H13ClFIN2OS. The van der Waals surface area contributed by atoms with Gasteiger partial charge in [0.25, 0.3) is 0 Å². The van der Waals surface area contributed by atoms with Gasteiger partial charge in [0.05, 0.1) is 20.5 Å². The third-order valence-corrected chi connectivity index (χ3v) is 4.73. The number of fused-ring (bicyclic) bond motifs is 1. The zero-order chi connectivity index (χ0) is 14.0. The molecule has 0 N–H and O–H groups in total. The second kappa shape index (κ2) is 6.49. The Morgan fingerprint density at radius 3 is 2.89 bits per heavy atom. The summed E-state index contributed by atoms with van der Waals surface area (Å²) in [6.45, 7) is 0.651. The molecule has 0 spiro atoms. The van der Waals surface area contributed by atoms with Gasteiger partial charge >= 0.3 is 0 Å². The molecule has 3 nitrogen and oxygen atoms in total. The van der Waals surface area contributed by atoms with Crippen LogP contribution < -0.4 is 0 Å². The molecule has 1 aromatic heterocycles. The Kier molecular flexibility index (Phi) is 5.19. The highest BCUT2D eigenvalue weighted by atomic mass is 127. The molecule has 104 valence electrons. The Labute approximate surface area is 132 Å². The fourth-order valence-corrected chi connectivity index (χ4v) is 3.14. The van der Waals surface area contributed by atoms with Crippen molar-refractivity contribution < 1.29 is 8.60 Å². The molecule has 0 amide bonds. The Hall–Kier alpha value is -0.210. The van der Waals surface area contributed by atoms with Gasteiger partial charge in [-0.3, -0.25) is 4.21 Å². The maximum atomic E-state index is 13.7. The lowest BCUT2D eigenvalue weighted by Gasteiger charge is -2.07. The lowest BCUT2D eigenvalue weighted by atomic mass is 10.3. The lowest BCUT2D eigenvalue weighted by molar-refractivity contribution is 0.618. The van der Waals surface area contributed by atoms with Crippen molar-refractivity contribution >= 4 is 56.0 Å². The molecule has 0 saturated heterocycles. The summed E-state index contributed by atoms with van der Waals surface area (Å²) < 4.78 is 27.2. The molecule has 1 heterocycles. The van der Waals surface area contributed by atoms with E-state index in [9.17, 15) is 8.60 Å². The molecule has 1 aromatic carbocycles. The van der Waals surface area contributed by atoms with Crippen LogP contribution in [0.4, 0.5) is 4.39 Å². The van der Waals surface area contributed by atoms with E-state index in [4.69, 9.17) is 11.6 Å². The SMILES string of the molecule is CS(=O)CCCn1c(CCl)nc2cc(I)c(F)cc21. The van der Waals surface area contributed by atoms with Crippen molar-refractivity contribution in [2.75, 3.05) is 12.0 Å². The number of hydrogen-bond donors (Lipinski definition) is 0. The first-order valence-electron chi connectivity index (χ1n) is 5.73. The molecule has 0 saturated carbocycles. The van der Waals surface area contributed by atoms with Crippen molar-refractivity contribution in [3.05, 3.63) is 27.3 Å². The second-order valence-electron chi connectivity index (χ2n) is 4.20. The van der Waals surface area contributed by atoms with E-state index in [0.29, 0.717) is 15.9 Å². The summed E-state index contributed by atoms with van der Waals surface area (Å²) in [5, 5.41) is 0. The van der Waals surface area contributed by atoms with Gasteiger partial charge in [-0.15, -0.1) is 11.6 Å². The van der Waals surface area contributed by atoms with Gasteiger partial charge < -0.3 is 4.57 Å². The Bertz CT molecular complexity index is 632. The van der Waals surface area contributed by atoms with Gasteiger partial charge in [-0.05, 0) is 35.1 Å². The molecule has 0 radical (unpaired) electrons. The van der Waals surface area contributed by atoms with Gasteiger partial charge in [-0.1, -0.05) is 0 Å². The van der Waals surface area contributed by atoms with Crippen molar-refractivity contribution in [2.24, 2.45) is 0 Å². The van der Waals surface area contributed by atoms with Crippen molar-refractivity contribution in [3.63, 3.8) is 0 Å². The maximum Gasteiger partial charge on any atom is 0.138 e. The zero-order valence-corrected chi connectivity index (χ0v) is 14.1. The van der Waals surface area contributed by atoms with E-state index >= 15 is 0 Å². The molecule has 0 bridgehead atoms. The number of rotatable bonds is 5. The monoisotopic (exact) mass is 414 g/mol. The highest BCUT2D eigenvalue weighted by Crippen LogP contribution is 2.23. The summed E-state index contributed by atoms with van der Waals surface area (Å²) >= 11 is 7.83. The molecule has 0 aliphatic heterocycles. The minimum atomic E-state index is -0.819. The fraction of sp³-hybridized carbons (Fsp3) is 0.417. The van der Waals surface area contributed by atoms with Crippen LogP contribution in [-0.4, -0.2) is 25.8 Å². The zero-order valence-electron chi connectivity index (χ0n) is 10.3. The number of aryl methyl sites for hydroxylation is 1. The number of halogens is 3. The first-order chi connectivity index (χ1) is 9.02. The minimum absolute atomic E-state index is 0.255. The molecule has 2 rings (SSSR count). The van der Waals surface area contributed by atoms with E-state index in [1.54, 1.807) is 12.3 Å². The molecule has 1 atom stereocenters. The first-order valence-corrected chi connectivity index (χ1v) is 9.07. The van der Waals surface area contributed by atoms with Crippen molar-refractivity contribution in [1.82, 2.24) is 9.55 Å². The minimum Gasteiger partial charge on any atom is -0.327 e. The van der Waals surface area contributed by atoms with Crippen LogP contribution in [0, 0.1) is 9.39 Å². The number of hydrogen-bond acceptors (Lipinski definition) is 2. The highest BCUT2D eigenvalue weighted by molar-refractivity contribution is 14.1. The van der Waals surface area contributed by atoms with Crippen LogP contribution in [0.1, 0.15) is 12.2 Å². The third kappa shape index (κ3) is 3.46. The molecule has 2 aromatic rings. The van der Waals surface area contributed by atoms with Gasteiger partial charge in [0, 0.05) is 35.4 Å².